The topological polar surface area (TPSA) is 72.7 Å². The Morgan fingerprint density at radius 3 is 2.81 bits per heavy atom. The normalized spacial score (nSPS) is 12.1. The summed E-state index contributed by atoms with van der Waals surface area (Å²) in [6, 6.07) is 7.56. The number of nitrogens with one attached hydrogen (secondary N) is 1. The molecular weight excluding hydrogens is 266 g/mol. The van der Waals surface area contributed by atoms with Gasteiger partial charge < -0.3 is 5.32 Å². The molecule has 0 spiro atoms. The van der Waals surface area contributed by atoms with Crippen molar-refractivity contribution in [2.45, 2.75) is 40.0 Å². The summed E-state index contributed by atoms with van der Waals surface area (Å²) in [6.45, 7) is 6.01. The molecular formula is C15H21N5O. The van der Waals surface area contributed by atoms with Gasteiger partial charge >= 0.3 is 0 Å². The molecule has 6 heteroatoms. The van der Waals surface area contributed by atoms with Crippen LogP contribution in [0.5, 0.6) is 0 Å². The van der Waals surface area contributed by atoms with Crippen LogP contribution in [0.3, 0.4) is 0 Å². The number of hydrogen-bond donors (Lipinski definition) is 1. The third kappa shape index (κ3) is 3.45. The summed E-state index contributed by atoms with van der Waals surface area (Å²) >= 11 is 0. The van der Waals surface area contributed by atoms with Crippen LogP contribution in [-0.4, -0.2) is 26.1 Å². The Hall–Kier alpha value is -2.24. The minimum absolute atomic E-state index is 0.0115. The Bertz CT molecular complexity index is 608. The van der Waals surface area contributed by atoms with E-state index in [1.807, 2.05) is 38.1 Å². The van der Waals surface area contributed by atoms with Crippen LogP contribution in [-0.2, 0) is 11.2 Å². The van der Waals surface area contributed by atoms with Gasteiger partial charge in [0.25, 0.3) is 0 Å². The highest BCUT2D eigenvalue weighted by Crippen LogP contribution is 2.21. The zero-order valence-electron chi connectivity index (χ0n) is 12.7. The van der Waals surface area contributed by atoms with Crippen LogP contribution in [0.15, 0.2) is 24.3 Å². The van der Waals surface area contributed by atoms with E-state index in [-0.39, 0.29) is 11.8 Å². The molecule has 0 saturated heterocycles. The maximum atomic E-state index is 12.2. The average Bonchev–Trinajstić information content (AvgIpc) is 2.96. The number of anilines is 1. The van der Waals surface area contributed by atoms with Gasteiger partial charge in [-0.3, -0.25) is 4.79 Å². The summed E-state index contributed by atoms with van der Waals surface area (Å²) in [5.41, 5.74) is 1.52. The van der Waals surface area contributed by atoms with Crippen molar-refractivity contribution in [1.29, 1.82) is 0 Å². The molecule has 1 aromatic heterocycles. The maximum absolute atomic E-state index is 12.2. The summed E-state index contributed by atoms with van der Waals surface area (Å²) in [5, 5.41) is 14.7. The van der Waals surface area contributed by atoms with E-state index >= 15 is 0 Å². The highest BCUT2D eigenvalue weighted by molar-refractivity contribution is 5.94. The van der Waals surface area contributed by atoms with Crippen molar-refractivity contribution in [1.82, 2.24) is 20.2 Å². The van der Waals surface area contributed by atoms with E-state index in [2.05, 4.69) is 27.8 Å². The molecule has 0 unspecified atom stereocenters. The molecule has 0 bridgehead atoms. The second kappa shape index (κ2) is 6.97. The fraction of sp³-hybridized carbons (Fsp3) is 0.467. The van der Waals surface area contributed by atoms with Crippen LogP contribution in [0.1, 0.15) is 39.4 Å². The van der Waals surface area contributed by atoms with E-state index in [4.69, 9.17) is 0 Å². The van der Waals surface area contributed by atoms with Crippen LogP contribution in [0, 0.1) is 5.92 Å². The predicted molar refractivity (Wildman–Crippen MR) is 81.2 cm³/mol. The summed E-state index contributed by atoms with van der Waals surface area (Å²) in [6.07, 6.45) is 2.59. The lowest BCUT2D eigenvalue weighted by atomic mass is 10.1. The maximum Gasteiger partial charge on any atom is 0.227 e. The fourth-order valence-corrected chi connectivity index (χ4v) is 2.20. The molecule has 1 heterocycles. The molecule has 2 aromatic rings. The highest BCUT2D eigenvalue weighted by atomic mass is 16.1. The summed E-state index contributed by atoms with van der Waals surface area (Å²) in [7, 11) is 0. The Labute approximate surface area is 124 Å². The fourth-order valence-electron chi connectivity index (χ4n) is 2.20. The molecule has 0 fully saturated rings. The van der Waals surface area contributed by atoms with Gasteiger partial charge in [-0.05, 0) is 29.0 Å². The summed E-state index contributed by atoms with van der Waals surface area (Å²) in [5.74, 6) is 0.774. The Kier molecular flexibility index (Phi) is 5.03. The van der Waals surface area contributed by atoms with Crippen LogP contribution in [0.25, 0.3) is 5.69 Å². The number of carbonyl (C=O) groups is 1. The largest absolute Gasteiger partial charge is 0.324 e. The zero-order chi connectivity index (χ0) is 15.2. The Morgan fingerprint density at radius 2 is 2.10 bits per heavy atom. The third-order valence-corrected chi connectivity index (χ3v) is 3.41. The Morgan fingerprint density at radius 1 is 1.33 bits per heavy atom. The lowest BCUT2D eigenvalue weighted by Gasteiger charge is -2.14. The van der Waals surface area contributed by atoms with Gasteiger partial charge in [-0.25, -0.2) is 0 Å². The van der Waals surface area contributed by atoms with Crippen molar-refractivity contribution in [2.75, 3.05) is 5.32 Å². The molecule has 0 saturated carbocycles. The van der Waals surface area contributed by atoms with Crippen LogP contribution in [0.2, 0.25) is 0 Å². The third-order valence-electron chi connectivity index (χ3n) is 3.41. The molecule has 1 N–H and O–H groups in total. The van der Waals surface area contributed by atoms with Gasteiger partial charge in [-0.1, -0.05) is 39.3 Å². The number of amides is 1. The number of nitrogens with zero attached hydrogens (tertiary/aromatic N) is 4. The van der Waals surface area contributed by atoms with Crippen LogP contribution < -0.4 is 5.32 Å². The minimum atomic E-state index is -0.0115. The molecule has 1 amide bonds. The highest BCUT2D eigenvalue weighted by Gasteiger charge is 2.16. The van der Waals surface area contributed by atoms with Crippen LogP contribution >= 0.6 is 0 Å². The smallest absolute Gasteiger partial charge is 0.227 e. The molecule has 21 heavy (non-hydrogen) atoms. The molecule has 0 radical (unpaired) electrons. The lowest BCUT2D eigenvalue weighted by Crippen LogP contribution is -2.21. The predicted octanol–water partition coefficient (Wildman–Crippen LogP) is 2.60. The number of para-hydroxylation sites is 2. The first kappa shape index (κ1) is 15.2. The molecule has 1 atom stereocenters. The second-order valence-corrected chi connectivity index (χ2v) is 5.06. The quantitative estimate of drug-likeness (QED) is 0.886. The zero-order valence-corrected chi connectivity index (χ0v) is 12.7. The number of rotatable bonds is 6. The average molecular weight is 287 g/mol. The Balaban J connectivity index is 2.28. The molecule has 1 aromatic carbocycles. The monoisotopic (exact) mass is 287 g/mol. The van der Waals surface area contributed by atoms with Crippen molar-refractivity contribution in [2.24, 2.45) is 5.92 Å². The van der Waals surface area contributed by atoms with Gasteiger partial charge in [-0.2, -0.15) is 4.68 Å². The summed E-state index contributed by atoms with van der Waals surface area (Å²) < 4.78 is 1.67. The van der Waals surface area contributed by atoms with Gasteiger partial charge in [0.05, 0.1) is 11.4 Å². The number of aromatic nitrogens is 4. The van der Waals surface area contributed by atoms with E-state index in [9.17, 15) is 4.79 Å². The van der Waals surface area contributed by atoms with E-state index in [0.29, 0.717) is 0 Å². The van der Waals surface area contributed by atoms with Crippen molar-refractivity contribution >= 4 is 11.6 Å². The first-order valence-corrected chi connectivity index (χ1v) is 7.34. The lowest BCUT2D eigenvalue weighted by molar-refractivity contribution is -0.119. The van der Waals surface area contributed by atoms with E-state index in [1.165, 1.54) is 0 Å². The standard InChI is InChI=1S/C15H21N5O/c1-4-8-11(3)15(21)16-12-9-6-7-10-13(12)20-14(5-2)17-18-19-20/h6-7,9-11H,4-5,8H2,1-3H3,(H,16,21)/t11-/m0/s1. The molecule has 0 aliphatic carbocycles. The molecule has 6 nitrogen and oxygen atoms in total. The van der Waals surface area contributed by atoms with Crippen molar-refractivity contribution < 1.29 is 4.79 Å². The van der Waals surface area contributed by atoms with E-state index in [1.54, 1.807) is 4.68 Å². The first-order valence-electron chi connectivity index (χ1n) is 7.34. The van der Waals surface area contributed by atoms with Gasteiger partial charge in [0.1, 0.15) is 0 Å². The number of carbonyl (C=O) groups excluding carboxylic acids is 1. The van der Waals surface area contributed by atoms with Crippen LogP contribution in [0.4, 0.5) is 5.69 Å². The number of aryl methyl sites for hydroxylation is 1. The van der Waals surface area contributed by atoms with Crippen molar-refractivity contribution in [3.8, 4) is 5.69 Å². The number of hydrogen-bond acceptors (Lipinski definition) is 4. The summed E-state index contributed by atoms with van der Waals surface area (Å²) in [4.78, 5) is 12.2. The van der Waals surface area contributed by atoms with E-state index < -0.39 is 0 Å². The molecule has 0 aliphatic rings. The molecule has 112 valence electrons. The van der Waals surface area contributed by atoms with Crippen molar-refractivity contribution in [3.05, 3.63) is 30.1 Å². The minimum Gasteiger partial charge on any atom is -0.324 e. The van der Waals surface area contributed by atoms with Gasteiger partial charge in [0, 0.05) is 12.3 Å². The van der Waals surface area contributed by atoms with Gasteiger partial charge in [-0.15, -0.1) is 5.10 Å². The van der Waals surface area contributed by atoms with Gasteiger partial charge in [0.2, 0.25) is 5.91 Å². The SMILES string of the molecule is CCC[C@H](C)C(=O)Nc1ccccc1-n1nnnc1CC. The number of tetrazole rings is 1. The first-order chi connectivity index (χ1) is 10.2. The molecule has 0 aliphatic heterocycles. The van der Waals surface area contributed by atoms with Gasteiger partial charge in [0.15, 0.2) is 5.82 Å². The second-order valence-electron chi connectivity index (χ2n) is 5.06. The molecule has 2 rings (SSSR count). The number of benzene rings is 1. The van der Waals surface area contributed by atoms with Crippen molar-refractivity contribution in [3.63, 3.8) is 0 Å². The van der Waals surface area contributed by atoms with E-state index in [0.717, 1.165) is 36.5 Å².